The normalized spacial score (nSPS) is 12.5. The molecule has 1 aromatic rings. The topological polar surface area (TPSA) is 98.8 Å². The van der Waals surface area contributed by atoms with E-state index in [1.165, 1.54) is 19.1 Å². The average Bonchev–Trinajstić information content (AvgIpc) is 2.41. The van der Waals surface area contributed by atoms with Crippen LogP contribution in [-0.2, 0) is 24.4 Å². The molecule has 0 aromatic heterocycles. The van der Waals surface area contributed by atoms with E-state index in [-0.39, 0.29) is 42.6 Å². The molecule has 0 radical (unpaired) electrons. The summed E-state index contributed by atoms with van der Waals surface area (Å²) in [5, 5.41) is 2.68. The second kappa shape index (κ2) is 8.68. The third-order valence-electron chi connectivity index (χ3n) is 2.98. The van der Waals surface area contributed by atoms with Crippen molar-refractivity contribution in [3.8, 4) is 5.75 Å². The van der Waals surface area contributed by atoms with Gasteiger partial charge in [-0.15, -0.1) is 0 Å². The SMILES string of the molecule is CC(=O)NCC(CC(=O)OC(C)C)c1ccc(OS(C)(=O)=O)cc1. The van der Waals surface area contributed by atoms with Crippen molar-refractivity contribution in [1.29, 1.82) is 0 Å². The van der Waals surface area contributed by atoms with E-state index in [1.807, 2.05) is 0 Å². The van der Waals surface area contributed by atoms with Crippen molar-refractivity contribution in [2.45, 2.75) is 39.2 Å². The van der Waals surface area contributed by atoms with E-state index in [0.29, 0.717) is 0 Å². The molecule has 24 heavy (non-hydrogen) atoms. The number of hydrogen-bond donors (Lipinski definition) is 1. The minimum Gasteiger partial charge on any atom is -0.463 e. The summed E-state index contributed by atoms with van der Waals surface area (Å²) in [5.74, 6) is -0.664. The smallest absolute Gasteiger partial charge is 0.306 e. The van der Waals surface area contributed by atoms with Gasteiger partial charge >= 0.3 is 16.1 Å². The van der Waals surface area contributed by atoms with Crippen molar-refractivity contribution < 1.29 is 26.9 Å². The summed E-state index contributed by atoms with van der Waals surface area (Å²) in [6.07, 6.45) is 0.845. The predicted octanol–water partition coefficient (Wildman–Crippen LogP) is 1.59. The van der Waals surface area contributed by atoms with Crippen molar-refractivity contribution in [2.75, 3.05) is 12.8 Å². The summed E-state index contributed by atoms with van der Waals surface area (Å²) in [6.45, 7) is 5.19. The lowest BCUT2D eigenvalue weighted by Crippen LogP contribution is -2.28. The molecule has 8 heteroatoms. The third kappa shape index (κ3) is 7.96. The first-order valence-corrected chi connectivity index (χ1v) is 9.32. The van der Waals surface area contributed by atoms with Crippen molar-refractivity contribution in [3.05, 3.63) is 29.8 Å². The summed E-state index contributed by atoms with van der Waals surface area (Å²) < 4.78 is 32.2. The zero-order valence-electron chi connectivity index (χ0n) is 14.2. The second-order valence-electron chi connectivity index (χ2n) is 5.73. The fourth-order valence-corrected chi connectivity index (χ4v) is 2.52. The molecule has 1 aromatic carbocycles. The van der Waals surface area contributed by atoms with Gasteiger partial charge in [-0.3, -0.25) is 9.59 Å². The molecule has 0 heterocycles. The molecule has 0 bridgehead atoms. The van der Waals surface area contributed by atoms with Gasteiger partial charge < -0.3 is 14.2 Å². The Morgan fingerprint density at radius 2 is 1.75 bits per heavy atom. The zero-order chi connectivity index (χ0) is 18.3. The van der Waals surface area contributed by atoms with Crippen molar-refractivity contribution in [2.24, 2.45) is 0 Å². The van der Waals surface area contributed by atoms with Gasteiger partial charge in [0.2, 0.25) is 5.91 Å². The number of carbonyl (C=O) groups is 2. The lowest BCUT2D eigenvalue weighted by molar-refractivity contribution is -0.148. The highest BCUT2D eigenvalue weighted by molar-refractivity contribution is 7.86. The Balaban J connectivity index is 2.88. The molecule has 1 N–H and O–H groups in total. The van der Waals surface area contributed by atoms with Crippen molar-refractivity contribution in [1.82, 2.24) is 5.32 Å². The van der Waals surface area contributed by atoms with Crippen LogP contribution in [0, 0.1) is 0 Å². The lowest BCUT2D eigenvalue weighted by Gasteiger charge is -2.18. The van der Waals surface area contributed by atoms with Gasteiger partial charge in [0.25, 0.3) is 0 Å². The van der Waals surface area contributed by atoms with Crippen LogP contribution in [0.25, 0.3) is 0 Å². The molecule has 1 amide bonds. The molecule has 0 spiro atoms. The Hall–Kier alpha value is -2.09. The van der Waals surface area contributed by atoms with Crippen LogP contribution in [0.4, 0.5) is 0 Å². The first kappa shape index (κ1) is 20.0. The predicted molar refractivity (Wildman–Crippen MR) is 89.2 cm³/mol. The highest BCUT2D eigenvalue weighted by Crippen LogP contribution is 2.23. The summed E-state index contributed by atoms with van der Waals surface area (Å²) in [7, 11) is -3.60. The molecule has 0 saturated heterocycles. The molecule has 0 saturated carbocycles. The van der Waals surface area contributed by atoms with Crippen LogP contribution in [0.2, 0.25) is 0 Å². The van der Waals surface area contributed by atoms with Crippen molar-refractivity contribution >= 4 is 22.0 Å². The molecule has 1 atom stereocenters. The van der Waals surface area contributed by atoms with E-state index in [9.17, 15) is 18.0 Å². The van der Waals surface area contributed by atoms with Crippen LogP contribution >= 0.6 is 0 Å². The number of rotatable bonds is 8. The Morgan fingerprint density at radius 1 is 1.17 bits per heavy atom. The van der Waals surface area contributed by atoms with Crippen LogP contribution in [0.1, 0.15) is 38.7 Å². The Kier molecular flexibility index (Phi) is 7.21. The first-order chi connectivity index (χ1) is 11.1. The van der Waals surface area contributed by atoms with Crippen LogP contribution < -0.4 is 9.50 Å². The van der Waals surface area contributed by atoms with E-state index in [2.05, 4.69) is 5.32 Å². The van der Waals surface area contributed by atoms with Gasteiger partial charge in [0.15, 0.2) is 0 Å². The first-order valence-electron chi connectivity index (χ1n) is 7.50. The highest BCUT2D eigenvalue weighted by atomic mass is 32.2. The largest absolute Gasteiger partial charge is 0.463 e. The van der Waals surface area contributed by atoms with Gasteiger partial charge in [-0.25, -0.2) is 0 Å². The fourth-order valence-electron chi connectivity index (χ4n) is 2.06. The minimum absolute atomic E-state index is 0.102. The molecule has 0 aliphatic rings. The molecule has 134 valence electrons. The number of hydrogen-bond acceptors (Lipinski definition) is 6. The number of ether oxygens (including phenoxy) is 1. The second-order valence-corrected chi connectivity index (χ2v) is 7.31. The van der Waals surface area contributed by atoms with Gasteiger partial charge in [0.05, 0.1) is 18.8 Å². The van der Waals surface area contributed by atoms with Crippen LogP contribution in [0.5, 0.6) is 5.75 Å². The van der Waals surface area contributed by atoms with Gasteiger partial charge in [-0.2, -0.15) is 8.42 Å². The maximum atomic E-state index is 11.9. The molecule has 0 aliphatic carbocycles. The third-order valence-corrected chi connectivity index (χ3v) is 3.47. The summed E-state index contributed by atoms with van der Waals surface area (Å²) >= 11 is 0. The number of amides is 1. The van der Waals surface area contributed by atoms with Crippen LogP contribution in [0.3, 0.4) is 0 Å². The molecule has 0 aliphatic heterocycles. The molecule has 7 nitrogen and oxygen atoms in total. The maximum Gasteiger partial charge on any atom is 0.306 e. The zero-order valence-corrected chi connectivity index (χ0v) is 15.1. The van der Waals surface area contributed by atoms with Crippen LogP contribution in [0.15, 0.2) is 24.3 Å². The number of nitrogens with one attached hydrogen (secondary N) is 1. The standard InChI is InChI=1S/C16H23NO6S/c1-11(2)22-16(19)9-14(10-17-12(3)18)13-5-7-15(8-6-13)23-24(4,20)21/h5-8,11,14H,9-10H2,1-4H3,(H,17,18). The maximum absolute atomic E-state index is 11.9. The highest BCUT2D eigenvalue weighted by Gasteiger charge is 2.19. The minimum atomic E-state index is -3.60. The summed E-state index contributed by atoms with van der Waals surface area (Å²) in [4.78, 5) is 23.0. The van der Waals surface area contributed by atoms with Crippen molar-refractivity contribution in [3.63, 3.8) is 0 Å². The molecular weight excluding hydrogens is 334 g/mol. The Bertz CT molecular complexity index is 666. The van der Waals surface area contributed by atoms with E-state index < -0.39 is 10.1 Å². The Labute approximate surface area is 142 Å². The van der Waals surface area contributed by atoms with Gasteiger partial charge in [0.1, 0.15) is 5.75 Å². The number of esters is 1. The molecule has 1 rings (SSSR count). The van der Waals surface area contributed by atoms with Gasteiger partial charge in [-0.1, -0.05) is 12.1 Å². The average molecular weight is 357 g/mol. The monoisotopic (exact) mass is 357 g/mol. The number of carbonyl (C=O) groups excluding carboxylic acids is 2. The fraction of sp³-hybridized carbons (Fsp3) is 0.500. The van der Waals surface area contributed by atoms with E-state index in [1.54, 1.807) is 26.0 Å². The van der Waals surface area contributed by atoms with E-state index in [4.69, 9.17) is 8.92 Å². The van der Waals surface area contributed by atoms with E-state index >= 15 is 0 Å². The molecule has 1 unspecified atom stereocenters. The molecule has 0 fully saturated rings. The van der Waals surface area contributed by atoms with E-state index in [0.717, 1.165) is 11.8 Å². The Morgan fingerprint density at radius 3 is 2.21 bits per heavy atom. The molecular formula is C16H23NO6S. The van der Waals surface area contributed by atoms with Gasteiger partial charge in [0, 0.05) is 19.4 Å². The van der Waals surface area contributed by atoms with Crippen LogP contribution in [-0.4, -0.2) is 39.2 Å². The summed E-state index contributed by atoms with van der Waals surface area (Å²) in [6, 6.07) is 6.33. The lowest BCUT2D eigenvalue weighted by atomic mass is 9.95. The summed E-state index contributed by atoms with van der Waals surface area (Å²) in [5.41, 5.74) is 0.769. The quantitative estimate of drug-likeness (QED) is 0.560. The van der Waals surface area contributed by atoms with Gasteiger partial charge in [-0.05, 0) is 31.5 Å². The number of benzene rings is 1.